The van der Waals surface area contributed by atoms with Crippen LogP contribution in [0.25, 0.3) is 0 Å². The quantitative estimate of drug-likeness (QED) is 0.822. The summed E-state index contributed by atoms with van der Waals surface area (Å²) in [5, 5.41) is 9.06. The van der Waals surface area contributed by atoms with Crippen molar-refractivity contribution < 1.29 is 9.47 Å². The lowest BCUT2D eigenvalue weighted by Gasteiger charge is -2.42. The molecule has 0 bridgehead atoms. The number of nitrogens with zero attached hydrogens (tertiary/aromatic N) is 1. The molecular formula is C15H19NO2. The summed E-state index contributed by atoms with van der Waals surface area (Å²) < 4.78 is 11.0. The number of methoxy groups -OCH3 is 1. The minimum atomic E-state index is -0.178. The van der Waals surface area contributed by atoms with E-state index in [0.29, 0.717) is 19.6 Å². The molecule has 96 valence electrons. The van der Waals surface area contributed by atoms with Crippen LogP contribution in [0.3, 0.4) is 0 Å². The van der Waals surface area contributed by atoms with Gasteiger partial charge in [0, 0.05) is 12.0 Å². The Hall–Kier alpha value is -1.53. The first-order valence-electron chi connectivity index (χ1n) is 6.15. The lowest BCUT2D eigenvalue weighted by Crippen LogP contribution is -2.47. The van der Waals surface area contributed by atoms with E-state index in [-0.39, 0.29) is 5.41 Å². The van der Waals surface area contributed by atoms with Crippen LogP contribution in [0.15, 0.2) is 6.07 Å². The molecule has 1 heterocycles. The average Bonchev–Trinajstić information content (AvgIpc) is 2.29. The number of ether oxygens (including phenoxy) is 2. The van der Waals surface area contributed by atoms with Crippen molar-refractivity contribution in [3.05, 3.63) is 28.3 Å². The van der Waals surface area contributed by atoms with Gasteiger partial charge in [0.25, 0.3) is 0 Å². The fourth-order valence-electron chi connectivity index (χ4n) is 2.80. The van der Waals surface area contributed by atoms with Crippen LogP contribution in [-0.4, -0.2) is 20.3 Å². The van der Waals surface area contributed by atoms with Crippen molar-refractivity contribution in [2.75, 3.05) is 20.3 Å². The Bertz CT molecular complexity index is 510. The zero-order valence-corrected chi connectivity index (χ0v) is 11.5. The molecule has 0 amide bonds. The molecule has 0 radical (unpaired) electrons. The highest BCUT2D eigenvalue weighted by molar-refractivity contribution is 5.54. The molecule has 1 saturated heterocycles. The number of hydrogen-bond acceptors (Lipinski definition) is 3. The molecule has 1 aliphatic rings. The zero-order chi connectivity index (χ0) is 13.3. The van der Waals surface area contributed by atoms with E-state index in [1.165, 1.54) is 11.1 Å². The minimum Gasteiger partial charge on any atom is -0.496 e. The summed E-state index contributed by atoms with van der Waals surface area (Å²) >= 11 is 0. The van der Waals surface area contributed by atoms with Gasteiger partial charge >= 0.3 is 0 Å². The maximum absolute atomic E-state index is 9.06. The van der Waals surface area contributed by atoms with Gasteiger partial charge in [0.1, 0.15) is 5.75 Å². The molecule has 0 spiro atoms. The third kappa shape index (κ3) is 1.77. The lowest BCUT2D eigenvalue weighted by atomic mass is 9.73. The third-order valence-electron chi connectivity index (χ3n) is 3.90. The molecule has 0 saturated carbocycles. The summed E-state index contributed by atoms with van der Waals surface area (Å²) in [6, 6.07) is 4.46. The van der Waals surface area contributed by atoms with Crippen molar-refractivity contribution in [3.63, 3.8) is 0 Å². The second-order valence-electron chi connectivity index (χ2n) is 5.15. The highest BCUT2D eigenvalue weighted by atomic mass is 16.5. The topological polar surface area (TPSA) is 42.2 Å². The Labute approximate surface area is 108 Å². The smallest absolute Gasteiger partial charge is 0.126 e. The minimum absolute atomic E-state index is 0.178. The van der Waals surface area contributed by atoms with E-state index in [0.717, 1.165) is 16.9 Å². The monoisotopic (exact) mass is 245 g/mol. The van der Waals surface area contributed by atoms with Gasteiger partial charge in [0.05, 0.1) is 31.8 Å². The first-order chi connectivity index (χ1) is 8.55. The van der Waals surface area contributed by atoms with Crippen LogP contribution in [0.4, 0.5) is 0 Å². The molecule has 3 nitrogen and oxygen atoms in total. The van der Waals surface area contributed by atoms with Gasteiger partial charge in [-0.25, -0.2) is 0 Å². The van der Waals surface area contributed by atoms with Crippen molar-refractivity contribution in [1.82, 2.24) is 0 Å². The fourth-order valence-corrected chi connectivity index (χ4v) is 2.80. The SMILES string of the molecule is COc1c(C)c(C)cc(C)c1C1(CC#N)COC1. The third-order valence-corrected chi connectivity index (χ3v) is 3.90. The predicted octanol–water partition coefficient (Wildman–Crippen LogP) is 2.80. The van der Waals surface area contributed by atoms with E-state index < -0.39 is 0 Å². The molecular weight excluding hydrogens is 226 g/mol. The zero-order valence-electron chi connectivity index (χ0n) is 11.5. The molecule has 1 aromatic rings. The summed E-state index contributed by atoms with van der Waals surface area (Å²) in [6.45, 7) is 7.46. The Balaban J connectivity index is 2.63. The fraction of sp³-hybridized carbons (Fsp3) is 0.533. The summed E-state index contributed by atoms with van der Waals surface area (Å²) in [6.07, 6.45) is 0.479. The van der Waals surface area contributed by atoms with Crippen LogP contribution >= 0.6 is 0 Å². The van der Waals surface area contributed by atoms with E-state index in [9.17, 15) is 0 Å². The Morgan fingerprint density at radius 3 is 2.44 bits per heavy atom. The molecule has 0 N–H and O–H groups in total. The van der Waals surface area contributed by atoms with E-state index in [1.54, 1.807) is 7.11 Å². The van der Waals surface area contributed by atoms with Gasteiger partial charge in [-0.1, -0.05) is 6.07 Å². The van der Waals surface area contributed by atoms with Crippen LogP contribution < -0.4 is 4.74 Å². The van der Waals surface area contributed by atoms with Gasteiger partial charge < -0.3 is 9.47 Å². The van der Waals surface area contributed by atoms with Crippen LogP contribution in [0.5, 0.6) is 5.75 Å². The van der Waals surface area contributed by atoms with Crippen LogP contribution in [0.1, 0.15) is 28.7 Å². The van der Waals surface area contributed by atoms with Gasteiger partial charge in [-0.15, -0.1) is 0 Å². The predicted molar refractivity (Wildman–Crippen MR) is 69.9 cm³/mol. The summed E-state index contributed by atoms with van der Waals surface area (Å²) in [5.74, 6) is 0.922. The van der Waals surface area contributed by atoms with Crippen molar-refractivity contribution in [1.29, 1.82) is 5.26 Å². The molecule has 3 heteroatoms. The molecule has 0 atom stereocenters. The second-order valence-corrected chi connectivity index (χ2v) is 5.15. The molecule has 0 aliphatic carbocycles. The van der Waals surface area contributed by atoms with Crippen LogP contribution in [-0.2, 0) is 10.2 Å². The number of benzene rings is 1. The largest absolute Gasteiger partial charge is 0.496 e. The average molecular weight is 245 g/mol. The maximum Gasteiger partial charge on any atom is 0.126 e. The van der Waals surface area contributed by atoms with Gasteiger partial charge in [0.15, 0.2) is 0 Å². The van der Waals surface area contributed by atoms with Crippen molar-refractivity contribution in [2.24, 2.45) is 0 Å². The van der Waals surface area contributed by atoms with Crippen LogP contribution in [0.2, 0.25) is 0 Å². The van der Waals surface area contributed by atoms with E-state index in [4.69, 9.17) is 14.7 Å². The van der Waals surface area contributed by atoms with E-state index >= 15 is 0 Å². The summed E-state index contributed by atoms with van der Waals surface area (Å²) in [4.78, 5) is 0. The number of nitriles is 1. The molecule has 2 rings (SSSR count). The highest BCUT2D eigenvalue weighted by Crippen LogP contribution is 2.44. The maximum atomic E-state index is 9.06. The second kappa shape index (κ2) is 4.62. The Morgan fingerprint density at radius 1 is 1.33 bits per heavy atom. The van der Waals surface area contributed by atoms with E-state index in [2.05, 4.69) is 32.9 Å². The molecule has 1 aromatic carbocycles. The Morgan fingerprint density at radius 2 is 2.00 bits per heavy atom. The van der Waals surface area contributed by atoms with Gasteiger partial charge in [-0.3, -0.25) is 0 Å². The standard InChI is InChI=1S/C15H19NO2/c1-10-7-11(2)13(14(17-4)12(10)3)15(5-6-16)8-18-9-15/h7H,5,8-9H2,1-4H3. The van der Waals surface area contributed by atoms with Gasteiger partial charge in [-0.2, -0.15) is 5.26 Å². The first-order valence-corrected chi connectivity index (χ1v) is 6.15. The molecule has 1 aliphatic heterocycles. The highest BCUT2D eigenvalue weighted by Gasteiger charge is 2.43. The van der Waals surface area contributed by atoms with Crippen LogP contribution in [0, 0.1) is 32.1 Å². The normalized spacial score (nSPS) is 16.8. The van der Waals surface area contributed by atoms with Crippen molar-refractivity contribution in [2.45, 2.75) is 32.6 Å². The Kier molecular flexibility index (Phi) is 3.32. The molecule has 18 heavy (non-hydrogen) atoms. The van der Waals surface area contributed by atoms with Gasteiger partial charge in [0.2, 0.25) is 0 Å². The van der Waals surface area contributed by atoms with Crippen molar-refractivity contribution >= 4 is 0 Å². The number of hydrogen-bond donors (Lipinski definition) is 0. The van der Waals surface area contributed by atoms with Gasteiger partial charge in [-0.05, 0) is 37.5 Å². The lowest BCUT2D eigenvalue weighted by molar-refractivity contribution is -0.0589. The number of rotatable bonds is 3. The van der Waals surface area contributed by atoms with Crippen molar-refractivity contribution in [3.8, 4) is 11.8 Å². The first kappa shape index (κ1) is 12.9. The van der Waals surface area contributed by atoms with E-state index in [1.807, 2.05) is 0 Å². The molecule has 0 aromatic heterocycles. The summed E-state index contributed by atoms with van der Waals surface area (Å²) in [7, 11) is 1.70. The summed E-state index contributed by atoms with van der Waals surface area (Å²) in [5.41, 5.74) is 4.54. The molecule has 0 unspecified atom stereocenters. The number of aryl methyl sites for hydroxylation is 2. The molecule has 1 fully saturated rings.